The number of carbonyl (C=O) groups excluding carboxylic acids is 3. The van der Waals surface area contributed by atoms with Crippen LogP contribution in [0.5, 0.6) is 0 Å². The molecular weight excluding hydrogens is 1360 g/mol. The van der Waals surface area contributed by atoms with E-state index < -0.39 is 91.5 Å². The normalized spacial score (nSPS) is 14.5. The van der Waals surface area contributed by atoms with Crippen LogP contribution in [0.25, 0.3) is 0 Å². The zero-order valence-corrected chi connectivity index (χ0v) is 68.2. The van der Waals surface area contributed by atoms with Gasteiger partial charge in [-0.05, 0) is 109 Å². The number of phosphoric acid groups is 2. The molecule has 0 heterocycles. The highest BCUT2D eigenvalue weighted by molar-refractivity contribution is 7.47. The predicted octanol–water partition coefficient (Wildman–Crippen LogP) is 24.9. The Morgan fingerprint density at radius 2 is 0.505 bits per heavy atom. The first-order chi connectivity index (χ1) is 51.2. The first kappa shape index (κ1) is 101. The molecule has 5 unspecified atom stereocenters. The molecule has 0 saturated heterocycles. The Morgan fingerprint density at radius 3 is 0.800 bits per heavy atom. The van der Waals surface area contributed by atoms with E-state index in [4.69, 9.17) is 32.3 Å². The minimum Gasteiger partial charge on any atom is -0.463 e. The van der Waals surface area contributed by atoms with Crippen LogP contribution in [0, 0.1) is 0 Å². The predicted molar refractivity (Wildman–Crippen MR) is 436 cm³/mol. The van der Waals surface area contributed by atoms with Crippen LogP contribution in [0.3, 0.4) is 0 Å². The van der Waals surface area contributed by atoms with E-state index in [2.05, 4.69) is 142 Å². The molecule has 0 aromatic rings. The molecule has 0 aromatic carbocycles. The number of phosphoric ester groups is 2. The average molecular weight is 1520 g/mol. The van der Waals surface area contributed by atoms with Crippen molar-refractivity contribution in [2.24, 2.45) is 0 Å². The Hall–Kier alpha value is -4.05. The molecule has 0 amide bonds. The van der Waals surface area contributed by atoms with Gasteiger partial charge in [0.1, 0.15) is 25.4 Å². The zero-order chi connectivity index (χ0) is 76.6. The van der Waals surface area contributed by atoms with Crippen molar-refractivity contribution in [1.82, 2.24) is 0 Å². The molecule has 0 aliphatic heterocycles. The van der Waals surface area contributed by atoms with E-state index in [9.17, 15) is 43.5 Å². The summed E-state index contributed by atoms with van der Waals surface area (Å²) in [6.45, 7) is 2.47. The number of aliphatic hydroxyl groups excluding tert-OH is 2. The van der Waals surface area contributed by atoms with Crippen LogP contribution in [0.1, 0.15) is 355 Å². The number of hydrogen-bond donors (Lipinski definition) is 4. The van der Waals surface area contributed by atoms with Crippen LogP contribution in [0.15, 0.2) is 122 Å². The van der Waals surface area contributed by atoms with Crippen LogP contribution in [-0.4, -0.2) is 95.9 Å². The fourth-order valence-electron chi connectivity index (χ4n) is 11.4. The summed E-state index contributed by atoms with van der Waals surface area (Å²) in [4.78, 5) is 58.7. The van der Waals surface area contributed by atoms with Crippen molar-refractivity contribution < 1.29 is 75.8 Å². The van der Waals surface area contributed by atoms with Crippen molar-refractivity contribution in [2.45, 2.75) is 373 Å². The van der Waals surface area contributed by atoms with Crippen molar-refractivity contribution in [3.63, 3.8) is 0 Å². The number of allylic oxidation sites excluding steroid dienone is 20. The third-order valence-corrected chi connectivity index (χ3v) is 19.6. The van der Waals surface area contributed by atoms with E-state index >= 15 is 0 Å². The maximum Gasteiger partial charge on any atom is 0.472 e. The van der Waals surface area contributed by atoms with Crippen molar-refractivity contribution in [2.75, 3.05) is 39.6 Å². The molecule has 0 radical (unpaired) electrons. The topological polar surface area (TPSA) is 231 Å². The Bertz CT molecular complexity index is 2390. The summed E-state index contributed by atoms with van der Waals surface area (Å²) in [5.41, 5.74) is 0. The molecule has 18 heteroatoms. The summed E-state index contributed by atoms with van der Waals surface area (Å²) in [7, 11) is -9.79. The Balaban J connectivity index is 4.38. The molecule has 0 saturated carbocycles. The maximum atomic E-state index is 13.0. The lowest BCUT2D eigenvalue weighted by atomic mass is 10.0. The van der Waals surface area contributed by atoms with E-state index in [1.165, 1.54) is 154 Å². The largest absolute Gasteiger partial charge is 0.472 e. The summed E-state index contributed by atoms with van der Waals surface area (Å²) >= 11 is 0. The van der Waals surface area contributed by atoms with Crippen molar-refractivity contribution in [3.8, 4) is 0 Å². The molecule has 5 atom stereocenters. The Morgan fingerprint density at radius 1 is 0.276 bits per heavy atom. The van der Waals surface area contributed by atoms with Crippen molar-refractivity contribution in [1.29, 1.82) is 0 Å². The second-order valence-electron chi connectivity index (χ2n) is 27.9. The molecule has 606 valence electrons. The lowest BCUT2D eigenvalue weighted by molar-refractivity contribution is -0.161. The standard InChI is InChI=1S/C87H152O16P2/c1-4-7-10-13-16-19-22-25-27-29-31-33-34-35-36-37-38-39-40-41-42-43-44-45-46-48-50-51-53-56-58-61-64-67-70-73-85(90)97-76-82(88)77-99-104(93,94)100-78-83(89)79-101-105(95,96)102-81-84(103-87(92)75-72-69-66-63-60-55-24-21-18-15-12-9-6-3)80-98-86(91)74-71-68-65-62-59-57-54-52-49-47-32-30-28-26-23-20-17-14-11-8-5-2/h7-8,10-11,16-17,19-20,25-28,31-33,35-36,47,52,54,82-84,88-89H,4-6,9,12-15,18,21-24,29-30,34,37-46,48-51,53,55-81H2,1-3H3,(H,93,94)(H,95,96)/b10-7-,11-8-,19-16-,20-17-,27-25-,28-26-,33-31-,36-35-,47-32-,54-52-. The van der Waals surface area contributed by atoms with Crippen molar-refractivity contribution >= 4 is 33.6 Å². The van der Waals surface area contributed by atoms with Gasteiger partial charge in [-0.2, -0.15) is 0 Å². The second-order valence-corrected chi connectivity index (χ2v) is 30.8. The summed E-state index contributed by atoms with van der Waals surface area (Å²) in [5.74, 6) is -1.58. The molecule has 105 heavy (non-hydrogen) atoms. The van der Waals surface area contributed by atoms with Gasteiger partial charge < -0.3 is 34.2 Å². The van der Waals surface area contributed by atoms with E-state index in [0.717, 1.165) is 141 Å². The third kappa shape index (κ3) is 80.8. The van der Waals surface area contributed by atoms with Gasteiger partial charge in [0.15, 0.2) is 6.10 Å². The molecule has 0 fully saturated rings. The van der Waals surface area contributed by atoms with E-state index in [-0.39, 0.29) is 19.3 Å². The fraction of sp³-hybridized carbons (Fsp3) is 0.736. The molecule has 4 N–H and O–H groups in total. The SMILES string of the molecule is CC/C=C\C/C=C\C/C=C\C/C=C\C/C=C\CCCCCCCCCCCCCCCCCCCCCC(=O)OCC(O)COP(=O)(O)OCC(O)COP(=O)(O)OCC(COC(=O)CCCCCCC/C=C\C/C=C\C/C=C\C/C=C\C/C=C\CC)OC(=O)CCCCCCCCCCCCCCC. The van der Waals surface area contributed by atoms with Crippen LogP contribution in [-0.2, 0) is 55.8 Å². The summed E-state index contributed by atoms with van der Waals surface area (Å²) in [6.07, 6.45) is 95.5. The fourth-order valence-corrected chi connectivity index (χ4v) is 13.0. The summed E-state index contributed by atoms with van der Waals surface area (Å²) in [5, 5.41) is 20.7. The van der Waals surface area contributed by atoms with Crippen molar-refractivity contribution in [3.05, 3.63) is 122 Å². The van der Waals surface area contributed by atoms with Crippen LogP contribution < -0.4 is 0 Å². The Kier molecular flexibility index (Phi) is 76.4. The monoisotopic (exact) mass is 1520 g/mol. The number of aliphatic hydroxyl groups is 2. The highest BCUT2D eigenvalue weighted by atomic mass is 31.2. The zero-order valence-electron chi connectivity index (χ0n) is 66.4. The summed E-state index contributed by atoms with van der Waals surface area (Å²) < 4.78 is 61.2. The van der Waals surface area contributed by atoms with Gasteiger partial charge in [-0.25, -0.2) is 9.13 Å². The maximum absolute atomic E-state index is 13.0. The lowest BCUT2D eigenvalue weighted by Gasteiger charge is -2.21. The number of hydrogen-bond acceptors (Lipinski definition) is 14. The molecule has 0 spiro atoms. The van der Waals surface area contributed by atoms with Gasteiger partial charge in [0.2, 0.25) is 0 Å². The minimum atomic E-state index is -4.93. The average Bonchev–Trinajstić information content (AvgIpc) is 1.03. The first-order valence-electron chi connectivity index (χ1n) is 41.8. The van der Waals surface area contributed by atoms with Gasteiger partial charge in [0.05, 0.1) is 26.4 Å². The number of ether oxygens (including phenoxy) is 3. The van der Waals surface area contributed by atoms with E-state index in [1.807, 2.05) is 0 Å². The third-order valence-electron chi connectivity index (χ3n) is 17.7. The molecular formula is C87H152O16P2. The van der Waals surface area contributed by atoms with Crippen LogP contribution in [0.2, 0.25) is 0 Å². The van der Waals surface area contributed by atoms with Gasteiger partial charge in [-0.15, -0.1) is 0 Å². The van der Waals surface area contributed by atoms with E-state index in [1.54, 1.807) is 0 Å². The molecule has 0 aliphatic rings. The second kappa shape index (κ2) is 79.5. The first-order valence-corrected chi connectivity index (χ1v) is 44.8. The van der Waals surface area contributed by atoms with Crippen LogP contribution >= 0.6 is 15.6 Å². The van der Waals surface area contributed by atoms with Gasteiger partial charge >= 0.3 is 33.6 Å². The highest BCUT2D eigenvalue weighted by Crippen LogP contribution is 2.45. The van der Waals surface area contributed by atoms with Gasteiger partial charge in [-0.3, -0.25) is 32.5 Å². The highest BCUT2D eigenvalue weighted by Gasteiger charge is 2.29. The molecule has 0 aliphatic carbocycles. The van der Waals surface area contributed by atoms with E-state index in [0.29, 0.717) is 19.3 Å². The smallest absolute Gasteiger partial charge is 0.463 e. The minimum absolute atomic E-state index is 0.102. The number of unbranched alkanes of at least 4 members (excludes halogenated alkanes) is 36. The van der Waals surface area contributed by atoms with Crippen LogP contribution in [0.4, 0.5) is 0 Å². The molecule has 0 aromatic heterocycles. The summed E-state index contributed by atoms with van der Waals surface area (Å²) in [6, 6.07) is 0. The number of esters is 3. The molecule has 16 nitrogen and oxygen atoms in total. The molecule has 0 bridgehead atoms. The number of carbonyl (C=O) groups is 3. The van der Waals surface area contributed by atoms with Gasteiger partial charge in [0, 0.05) is 19.3 Å². The molecule has 0 rings (SSSR count). The Labute approximate surface area is 640 Å². The quantitative estimate of drug-likeness (QED) is 0.0146. The number of rotatable bonds is 79. The lowest BCUT2D eigenvalue weighted by Crippen LogP contribution is -2.30. The van der Waals surface area contributed by atoms with Gasteiger partial charge in [-0.1, -0.05) is 348 Å². The van der Waals surface area contributed by atoms with Gasteiger partial charge in [0.25, 0.3) is 0 Å².